The van der Waals surface area contributed by atoms with Crippen LogP contribution in [-0.4, -0.2) is 41.3 Å². The zero-order valence-electron chi connectivity index (χ0n) is 12.0. The first-order valence-electron chi connectivity index (χ1n) is 6.41. The standard InChI is InChI=1S/C12H18BF2N3O2/c1-11(2)12(3,4)20-13(19-11)8-5-16-10(17-6-8)18-7-9(14)15/h5-6,9H,7H2,1-4H3,(H,16,17,18). The SMILES string of the molecule is CC1(C)OB(c2cnc(NCC(F)F)nc2)OC1(C)C. The highest BCUT2D eigenvalue weighted by Gasteiger charge is 2.51. The van der Waals surface area contributed by atoms with E-state index in [9.17, 15) is 8.78 Å². The van der Waals surface area contributed by atoms with Crippen molar-refractivity contribution in [3.8, 4) is 0 Å². The molecule has 8 heteroatoms. The van der Waals surface area contributed by atoms with E-state index >= 15 is 0 Å². The number of aromatic nitrogens is 2. The highest BCUT2D eigenvalue weighted by molar-refractivity contribution is 6.61. The van der Waals surface area contributed by atoms with Crippen LogP contribution in [0.25, 0.3) is 0 Å². The summed E-state index contributed by atoms with van der Waals surface area (Å²) in [6.07, 6.45) is 0.590. The maximum atomic E-state index is 12.1. The van der Waals surface area contributed by atoms with E-state index in [1.165, 1.54) is 12.4 Å². The van der Waals surface area contributed by atoms with E-state index in [-0.39, 0.29) is 5.95 Å². The Labute approximate surface area is 117 Å². The molecule has 1 fully saturated rings. The van der Waals surface area contributed by atoms with Gasteiger partial charge in [-0.2, -0.15) is 0 Å². The maximum Gasteiger partial charge on any atom is 0.498 e. The van der Waals surface area contributed by atoms with Crippen molar-refractivity contribution >= 4 is 18.5 Å². The Morgan fingerprint density at radius 1 is 1.15 bits per heavy atom. The van der Waals surface area contributed by atoms with Gasteiger partial charge < -0.3 is 14.6 Å². The molecular weight excluding hydrogens is 267 g/mol. The molecular formula is C12H18BF2N3O2. The predicted molar refractivity (Wildman–Crippen MR) is 72.2 cm³/mol. The first kappa shape index (κ1) is 15.1. The number of hydrogen-bond acceptors (Lipinski definition) is 5. The number of anilines is 1. The molecule has 0 aliphatic carbocycles. The molecule has 2 heterocycles. The van der Waals surface area contributed by atoms with Crippen molar-refractivity contribution in [3.05, 3.63) is 12.4 Å². The minimum absolute atomic E-state index is 0.158. The lowest BCUT2D eigenvalue weighted by Gasteiger charge is -2.32. The summed E-state index contributed by atoms with van der Waals surface area (Å²) in [5.41, 5.74) is -0.222. The second-order valence-electron chi connectivity index (χ2n) is 5.70. The Morgan fingerprint density at radius 3 is 2.10 bits per heavy atom. The third-order valence-electron chi connectivity index (χ3n) is 3.61. The quantitative estimate of drug-likeness (QED) is 0.849. The van der Waals surface area contributed by atoms with Crippen LogP contribution >= 0.6 is 0 Å². The summed E-state index contributed by atoms with van der Waals surface area (Å²) >= 11 is 0. The first-order chi connectivity index (χ1) is 9.21. The van der Waals surface area contributed by atoms with Gasteiger partial charge in [0.2, 0.25) is 5.95 Å². The van der Waals surface area contributed by atoms with Crippen LogP contribution in [0.3, 0.4) is 0 Å². The van der Waals surface area contributed by atoms with Crippen molar-refractivity contribution in [1.29, 1.82) is 0 Å². The Balaban J connectivity index is 2.05. The molecule has 0 atom stereocenters. The minimum Gasteiger partial charge on any atom is -0.399 e. The summed E-state index contributed by atoms with van der Waals surface area (Å²) in [5, 5.41) is 2.44. The number of halogens is 2. The van der Waals surface area contributed by atoms with E-state index in [0.717, 1.165) is 0 Å². The molecule has 1 aromatic rings. The fraction of sp³-hybridized carbons (Fsp3) is 0.667. The number of nitrogens with zero attached hydrogens (tertiary/aromatic N) is 2. The molecule has 1 aliphatic heterocycles. The van der Waals surface area contributed by atoms with Crippen LogP contribution in [0.5, 0.6) is 0 Å². The van der Waals surface area contributed by atoms with Gasteiger partial charge in [-0.1, -0.05) is 0 Å². The third-order valence-corrected chi connectivity index (χ3v) is 3.61. The molecule has 0 unspecified atom stereocenters. The van der Waals surface area contributed by atoms with Crippen molar-refractivity contribution in [3.63, 3.8) is 0 Å². The van der Waals surface area contributed by atoms with Gasteiger partial charge in [0.1, 0.15) is 0 Å². The lowest BCUT2D eigenvalue weighted by molar-refractivity contribution is 0.00578. The number of alkyl halides is 2. The van der Waals surface area contributed by atoms with Crippen LogP contribution in [0.4, 0.5) is 14.7 Å². The van der Waals surface area contributed by atoms with E-state index in [1.807, 2.05) is 27.7 Å². The molecule has 0 amide bonds. The molecule has 0 radical (unpaired) electrons. The van der Waals surface area contributed by atoms with Crippen LogP contribution in [0.1, 0.15) is 27.7 Å². The van der Waals surface area contributed by atoms with Crippen molar-refractivity contribution in [2.24, 2.45) is 0 Å². The van der Waals surface area contributed by atoms with E-state index < -0.39 is 31.3 Å². The smallest absolute Gasteiger partial charge is 0.399 e. The average molecular weight is 285 g/mol. The summed E-state index contributed by atoms with van der Waals surface area (Å²) in [4.78, 5) is 7.95. The summed E-state index contributed by atoms with van der Waals surface area (Å²) in [7, 11) is -0.552. The van der Waals surface area contributed by atoms with E-state index in [2.05, 4.69) is 15.3 Å². The van der Waals surface area contributed by atoms with Gasteiger partial charge >= 0.3 is 7.12 Å². The van der Waals surface area contributed by atoms with E-state index in [4.69, 9.17) is 9.31 Å². The van der Waals surface area contributed by atoms with Gasteiger partial charge in [-0.25, -0.2) is 18.7 Å². The fourth-order valence-electron chi connectivity index (χ4n) is 1.70. The van der Waals surface area contributed by atoms with Gasteiger partial charge in [0.25, 0.3) is 6.43 Å². The highest BCUT2D eigenvalue weighted by atomic mass is 19.3. The molecule has 2 rings (SSSR count). The van der Waals surface area contributed by atoms with Crippen molar-refractivity contribution in [2.75, 3.05) is 11.9 Å². The second kappa shape index (κ2) is 5.25. The number of nitrogens with one attached hydrogen (secondary N) is 1. The van der Waals surface area contributed by atoms with Gasteiger partial charge in [0, 0.05) is 17.9 Å². The first-order valence-corrected chi connectivity index (χ1v) is 6.41. The normalized spacial score (nSPS) is 20.4. The molecule has 1 aromatic heterocycles. The molecule has 0 aromatic carbocycles. The summed E-state index contributed by atoms with van der Waals surface area (Å²) in [6, 6.07) is 0. The Hall–Kier alpha value is -1.28. The lowest BCUT2D eigenvalue weighted by Crippen LogP contribution is -2.41. The van der Waals surface area contributed by atoms with Crippen molar-refractivity contribution in [2.45, 2.75) is 45.3 Å². The molecule has 1 N–H and O–H groups in total. The molecule has 5 nitrogen and oxygen atoms in total. The van der Waals surface area contributed by atoms with Crippen LogP contribution < -0.4 is 10.8 Å². The van der Waals surface area contributed by atoms with Crippen LogP contribution in [-0.2, 0) is 9.31 Å². The molecule has 1 saturated heterocycles. The van der Waals surface area contributed by atoms with Crippen LogP contribution in [0, 0.1) is 0 Å². The summed E-state index contributed by atoms with van der Waals surface area (Å²) < 4.78 is 35.8. The number of rotatable bonds is 4. The Kier molecular flexibility index (Phi) is 3.97. The van der Waals surface area contributed by atoms with E-state index in [0.29, 0.717) is 5.46 Å². The van der Waals surface area contributed by atoms with Gasteiger partial charge in [-0.15, -0.1) is 0 Å². The largest absolute Gasteiger partial charge is 0.498 e. The zero-order valence-corrected chi connectivity index (χ0v) is 12.0. The monoisotopic (exact) mass is 285 g/mol. The third kappa shape index (κ3) is 3.07. The van der Waals surface area contributed by atoms with E-state index in [1.54, 1.807) is 0 Å². The van der Waals surface area contributed by atoms with Crippen LogP contribution in [0.2, 0.25) is 0 Å². The van der Waals surface area contributed by atoms with Gasteiger partial charge in [-0.05, 0) is 27.7 Å². The second-order valence-corrected chi connectivity index (χ2v) is 5.70. The van der Waals surface area contributed by atoms with Crippen molar-refractivity contribution in [1.82, 2.24) is 9.97 Å². The topological polar surface area (TPSA) is 56.3 Å². The maximum absolute atomic E-state index is 12.1. The minimum atomic E-state index is -2.44. The molecule has 0 spiro atoms. The van der Waals surface area contributed by atoms with Crippen molar-refractivity contribution < 1.29 is 18.1 Å². The summed E-state index contributed by atoms with van der Waals surface area (Å²) in [5.74, 6) is 0.158. The van der Waals surface area contributed by atoms with Gasteiger partial charge in [0.15, 0.2) is 0 Å². The van der Waals surface area contributed by atoms with Crippen LogP contribution in [0.15, 0.2) is 12.4 Å². The molecule has 1 aliphatic rings. The molecule has 0 saturated carbocycles. The van der Waals surface area contributed by atoms with Gasteiger partial charge in [0.05, 0.1) is 17.7 Å². The highest BCUT2D eigenvalue weighted by Crippen LogP contribution is 2.36. The lowest BCUT2D eigenvalue weighted by atomic mass is 9.81. The average Bonchev–Trinajstić information content (AvgIpc) is 2.56. The zero-order chi connectivity index (χ0) is 15.0. The Bertz CT molecular complexity index is 452. The number of hydrogen-bond donors (Lipinski definition) is 1. The molecule has 0 bridgehead atoms. The van der Waals surface area contributed by atoms with Gasteiger partial charge in [-0.3, -0.25) is 0 Å². The predicted octanol–water partition coefficient (Wildman–Crippen LogP) is 1.45. The molecule has 110 valence electrons. The summed E-state index contributed by atoms with van der Waals surface area (Å²) in [6.45, 7) is 7.33. The fourth-order valence-corrected chi connectivity index (χ4v) is 1.70. The molecule has 20 heavy (non-hydrogen) atoms. The Morgan fingerprint density at radius 2 is 1.65 bits per heavy atom.